The molecular formula is C14H11NO2. The van der Waals surface area contributed by atoms with E-state index >= 15 is 0 Å². The largest absolute Gasteiger partial charge is 0.461 e. The maximum atomic E-state index is 11.8. The van der Waals surface area contributed by atoms with E-state index in [0.717, 1.165) is 5.39 Å². The van der Waals surface area contributed by atoms with E-state index in [-0.39, 0.29) is 12.6 Å². The molecule has 84 valence electrons. The lowest BCUT2D eigenvalue weighted by Gasteiger charge is -2.05. The lowest BCUT2D eigenvalue weighted by atomic mass is 10.1. The van der Waals surface area contributed by atoms with Crippen molar-refractivity contribution in [1.82, 2.24) is 4.98 Å². The van der Waals surface area contributed by atoms with Crippen molar-refractivity contribution in [1.29, 1.82) is 0 Å². The quantitative estimate of drug-likeness (QED) is 0.457. The number of carbonyl (C=O) groups excluding carboxylic acids is 1. The number of nitrogens with zero attached hydrogens (tertiary/aromatic N) is 1. The maximum Gasteiger partial charge on any atom is 0.340 e. The third kappa shape index (κ3) is 2.43. The van der Waals surface area contributed by atoms with Crippen molar-refractivity contribution >= 4 is 16.9 Å². The second-order valence-electron chi connectivity index (χ2n) is 3.47. The molecule has 3 nitrogen and oxygen atoms in total. The highest BCUT2D eigenvalue weighted by Crippen LogP contribution is 2.16. The van der Waals surface area contributed by atoms with Crippen molar-refractivity contribution in [3.05, 3.63) is 42.1 Å². The van der Waals surface area contributed by atoms with E-state index in [9.17, 15) is 4.79 Å². The van der Waals surface area contributed by atoms with Crippen molar-refractivity contribution in [2.75, 3.05) is 6.61 Å². The lowest BCUT2D eigenvalue weighted by Crippen LogP contribution is -2.07. The molecule has 17 heavy (non-hydrogen) atoms. The molecule has 0 radical (unpaired) electrons. The summed E-state index contributed by atoms with van der Waals surface area (Å²) in [6.07, 6.45) is 7.16. The van der Waals surface area contributed by atoms with Crippen LogP contribution in [0.3, 0.4) is 0 Å². The molecule has 0 N–H and O–H groups in total. The van der Waals surface area contributed by atoms with Gasteiger partial charge in [0.1, 0.15) is 6.61 Å². The minimum Gasteiger partial charge on any atom is -0.461 e. The number of esters is 1. The molecule has 3 heteroatoms. The van der Waals surface area contributed by atoms with Crippen LogP contribution < -0.4 is 0 Å². The van der Waals surface area contributed by atoms with Gasteiger partial charge in [-0.3, -0.25) is 4.98 Å². The van der Waals surface area contributed by atoms with Gasteiger partial charge in [-0.15, -0.1) is 12.3 Å². The topological polar surface area (TPSA) is 39.2 Å². The molecule has 0 aliphatic rings. The molecule has 0 saturated carbocycles. The van der Waals surface area contributed by atoms with Gasteiger partial charge in [-0.25, -0.2) is 4.79 Å². The second kappa shape index (κ2) is 5.13. The fourth-order valence-corrected chi connectivity index (χ4v) is 1.55. The van der Waals surface area contributed by atoms with Crippen molar-refractivity contribution < 1.29 is 9.53 Å². The van der Waals surface area contributed by atoms with E-state index in [1.807, 2.05) is 24.3 Å². The summed E-state index contributed by atoms with van der Waals surface area (Å²) in [4.78, 5) is 16.0. The van der Waals surface area contributed by atoms with Gasteiger partial charge in [0.05, 0.1) is 11.1 Å². The molecule has 0 aliphatic carbocycles. The third-order valence-corrected chi connectivity index (χ3v) is 2.33. The number of terminal acetylenes is 1. The highest BCUT2D eigenvalue weighted by molar-refractivity contribution is 6.02. The van der Waals surface area contributed by atoms with Crippen LogP contribution in [0.1, 0.15) is 16.8 Å². The first-order chi connectivity index (χ1) is 8.33. The highest BCUT2D eigenvalue weighted by atomic mass is 16.5. The van der Waals surface area contributed by atoms with Crippen LogP contribution in [0.2, 0.25) is 0 Å². The van der Waals surface area contributed by atoms with Crippen LogP contribution in [0, 0.1) is 12.3 Å². The van der Waals surface area contributed by atoms with Gasteiger partial charge in [0.2, 0.25) is 0 Å². The molecule has 1 heterocycles. The zero-order valence-electron chi connectivity index (χ0n) is 9.22. The van der Waals surface area contributed by atoms with E-state index in [1.54, 1.807) is 12.3 Å². The zero-order chi connectivity index (χ0) is 12.1. The van der Waals surface area contributed by atoms with Crippen molar-refractivity contribution in [2.24, 2.45) is 0 Å². The molecule has 0 bridgehead atoms. The number of rotatable bonds is 3. The average molecular weight is 225 g/mol. The SMILES string of the molecule is C#CCCOC(=O)c1cccc2cccnc12. The summed E-state index contributed by atoms with van der Waals surface area (Å²) in [7, 11) is 0. The fourth-order valence-electron chi connectivity index (χ4n) is 1.55. The Hall–Kier alpha value is -2.34. The summed E-state index contributed by atoms with van der Waals surface area (Å²) in [5.41, 5.74) is 1.13. The highest BCUT2D eigenvalue weighted by Gasteiger charge is 2.11. The van der Waals surface area contributed by atoms with Gasteiger partial charge in [-0.2, -0.15) is 0 Å². The summed E-state index contributed by atoms with van der Waals surface area (Å²) in [6.45, 7) is 0.235. The van der Waals surface area contributed by atoms with Gasteiger partial charge in [-0.1, -0.05) is 18.2 Å². The fraction of sp³-hybridized carbons (Fsp3) is 0.143. The van der Waals surface area contributed by atoms with Crippen LogP contribution >= 0.6 is 0 Å². The number of ether oxygens (including phenoxy) is 1. The minimum atomic E-state index is -0.385. The first-order valence-electron chi connectivity index (χ1n) is 5.27. The van der Waals surface area contributed by atoms with Crippen molar-refractivity contribution in [3.63, 3.8) is 0 Å². The maximum absolute atomic E-state index is 11.8. The first-order valence-corrected chi connectivity index (χ1v) is 5.27. The van der Waals surface area contributed by atoms with Gasteiger partial charge in [-0.05, 0) is 12.1 Å². The standard InChI is InChI=1S/C14H11NO2/c1-2-3-10-17-14(16)12-8-4-6-11-7-5-9-15-13(11)12/h1,4-9H,3,10H2. The molecule has 0 spiro atoms. The van der Waals surface area contributed by atoms with Gasteiger partial charge in [0, 0.05) is 18.0 Å². The average Bonchev–Trinajstić information content (AvgIpc) is 2.38. The predicted octanol–water partition coefficient (Wildman–Crippen LogP) is 2.41. The Morgan fingerprint density at radius 1 is 1.35 bits per heavy atom. The Morgan fingerprint density at radius 3 is 3.00 bits per heavy atom. The Labute approximate surface area is 99.4 Å². The molecule has 1 aromatic carbocycles. The summed E-state index contributed by atoms with van der Waals surface area (Å²) in [5.74, 6) is 2.03. The Kier molecular flexibility index (Phi) is 3.37. The van der Waals surface area contributed by atoms with E-state index in [1.165, 1.54) is 0 Å². The third-order valence-electron chi connectivity index (χ3n) is 2.33. The van der Waals surface area contributed by atoms with E-state index in [4.69, 9.17) is 11.2 Å². The minimum absolute atomic E-state index is 0.235. The van der Waals surface area contributed by atoms with E-state index in [2.05, 4.69) is 10.9 Å². The summed E-state index contributed by atoms with van der Waals surface area (Å²) in [5, 5.41) is 0.916. The number of pyridine rings is 1. The number of hydrogen-bond donors (Lipinski definition) is 0. The van der Waals surface area contributed by atoms with Crippen LogP contribution in [-0.4, -0.2) is 17.6 Å². The van der Waals surface area contributed by atoms with E-state index in [0.29, 0.717) is 17.5 Å². The number of carbonyl (C=O) groups is 1. The molecule has 0 aliphatic heterocycles. The molecule has 2 aromatic rings. The molecule has 1 aromatic heterocycles. The summed E-state index contributed by atoms with van der Waals surface area (Å²) >= 11 is 0. The predicted molar refractivity (Wildman–Crippen MR) is 65.5 cm³/mol. The van der Waals surface area contributed by atoms with Gasteiger partial charge in [0.25, 0.3) is 0 Å². The monoisotopic (exact) mass is 225 g/mol. The van der Waals surface area contributed by atoms with Crippen LogP contribution in [0.25, 0.3) is 10.9 Å². The lowest BCUT2D eigenvalue weighted by molar-refractivity contribution is 0.0516. The van der Waals surface area contributed by atoms with Gasteiger partial charge < -0.3 is 4.74 Å². The molecule has 0 fully saturated rings. The van der Waals surface area contributed by atoms with Crippen molar-refractivity contribution in [2.45, 2.75) is 6.42 Å². The number of aromatic nitrogens is 1. The Bertz CT molecular complexity index is 579. The number of benzene rings is 1. The molecule has 0 amide bonds. The van der Waals surface area contributed by atoms with Crippen LogP contribution in [0.5, 0.6) is 0 Å². The van der Waals surface area contributed by atoms with Crippen LogP contribution in [0.4, 0.5) is 0 Å². The number of fused-ring (bicyclic) bond motifs is 1. The summed E-state index contributed by atoms with van der Waals surface area (Å²) < 4.78 is 5.06. The van der Waals surface area contributed by atoms with Gasteiger partial charge >= 0.3 is 5.97 Å². The molecule has 2 rings (SSSR count). The van der Waals surface area contributed by atoms with Crippen LogP contribution in [-0.2, 0) is 4.74 Å². The summed E-state index contributed by atoms with van der Waals surface area (Å²) in [6, 6.07) is 9.15. The molecule has 0 atom stereocenters. The Balaban J connectivity index is 2.29. The molecule has 0 saturated heterocycles. The smallest absolute Gasteiger partial charge is 0.340 e. The number of para-hydroxylation sites is 1. The molecule has 0 unspecified atom stereocenters. The normalized spacial score (nSPS) is 9.82. The Morgan fingerprint density at radius 2 is 2.18 bits per heavy atom. The van der Waals surface area contributed by atoms with Crippen molar-refractivity contribution in [3.8, 4) is 12.3 Å². The van der Waals surface area contributed by atoms with Crippen LogP contribution in [0.15, 0.2) is 36.5 Å². The number of hydrogen-bond acceptors (Lipinski definition) is 3. The zero-order valence-corrected chi connectivity index (χ0v) is 9.22. The van der Waals surface area contributed by atoms with E-state index < -0.39 is 0 Å². The second-order valence-corrected chi connectivity index (χ2v) is 3.47. The van der Waals surface area contributed by atoms with Gasteiger partial charge in [0.15, 0.2) is 0 Å². The first kappa shape index (κ1) is 11.2. The molecular weight excluding hydrogens is 214 g/mol.